The highest BCUT2D eigenvalue weighted by Gasteiger charge is 2.49. The molecular formula is C10H10F3N3. The van der Waals surface area contributed by atoms with E-state index in [9.17, 15) is 13.2 Å². The molecule has 16 heavy (non-hydrogen) atoms. The zero-order chi connectivity index (χ0) is 11.9. The van der Waals surface area contributed by atoms with Crippen LogP contribution in [0.2, 0.25) is 0 Å². The molecule has 1 aliphatic carbocycles. The molecule has 0 aliphatic heterocycles. The van der Waals surface area contributed by atoms with Gasteiger partial charge in [0, 0.05) is 6.42 Å². The molecule has 0 saturated carbocycles. The highest BCUT2D eigenvalue weighted by molar-refractivity contribution is 5.44. The van der Waals surface area contributed by atoms with Gasteiger partial charge in [-0.1, -0.05) is 5.22 Å². The SMILES string of the molecule is Cc1cc(F)cc2c1C(N=NN)C(F)(F)C2. The first-order valence-corrected chi connectivity index (χ1v) is 4.72. The summed E-state index contributed by atoms with van der Waals surface area (Å²) < 4.78 is 40.2. The molecule has 0 amide bonds. The number of halogens is 3. The third-order valence-corrected chi connectivity index (χ3v) is 2.72. The number of benzene rings is 1. The number of hydrogen-bond donors (Lipinski definition) is 1. The Morgan fingerprint density at radius 2 is 2.12 bits per heavy atom. The largest absolute Gasteiger partial charge is 0.305 e. The van der Waals surface area contributed by atoms with Gasteiger partial charge in [-0.25, -0.2) is 13.2 Å². The van der Waals surface area contributed by atoms with Crippen molar-refractivity contribution >= 4 is 0 Å². The fraction of sp³-hybridized carbons (Fsp3) is 0.400. The molecular weight excluding hydrogens is 219 g/mol. The normalized spacial score (nSPS) is 22.6. The Hall–Kier alpha value is -1.59. The van der Waals surface area contributed by atoms with Gasteiger partial charge in [0.05, 0.1) is 0 Å². The number of alkyl halides is 2. The topological polar surface area (TPSA) is 50.7 Å². The van der Waals surface area contributed by atoms with Crippen LogP contribution >= 0.6 is 0 Å². The molecule has 3 nitrogen and oxygen atoms in total. The van der Waals surface area contributed by atoms with Crippen molar-refractivity contribution in [3.05, 3.63) is 34.6 Å². The molecule has 0 spiro atoms. The van der Waals surface area contributed by atoms with Gasteiger partial charge in [-0.3, -0.25) is 0 Å². The van der Waals surface area contributed by atoms with Gasteiger partial charge in [-0.15, -0.1) is 0 Å². The Bertz CT molecular complexity index is 457. The van der Waals surface area contributed by atoms with Gasteiger partial charge in [-0.2, -0.15) is 5.11 Å². The van der Waals surface area contributed by atoms with Crippen molar-refractivity contribution in [3.8, 4) is 0 Å². The molecule has 1 atom stereocenters. The molecule has 86 valence electrons. The Kier molecular flexibility index (Phi) is 2.36. The predicted octanol–water partition coefficient (Wildman–Crippen LogP) is 2.69. The Balaban J connectivity index is 2.59. The van der Waals surface area contributed by atoms with Crippen molar-refractivity contribution in [3.63, 3.8) is 0 Å². The van der Waals surface area contributed by atoms with E-state index in [1.807, 2.05) is 0 Å². The van der Waals surface area contributed by atoms with E-state index >= 15 is 0 Å². The van der Waals surface area contributed by atoms with Crippen molar-refractivity contribution in [2.24, 2.45) is 16.2 Å². The number of nitrogens with two attached hydrogens (primary N) is 1. The molecule has 0 aromatic heterocycles. The lowest BCUT2D eigenvalue weighted by Crippen LogP contribution is -2.20. The third kappa shape index (κ3) is 1.54. The predicted molar refractivity (Wildman–Crippen MR) is 51.6 cm³/mol. The smallest absolute Gasteiger partial charge is 0.280 e. The number of aryl methyl sites for hydroxylation is 1. The van der Waals surface area contributed by atoms with E-state index in [4.69, 9.17) is 5.84 Å². The summed E-state index contributed by atoms with van der Waals surface area (Å²) in [6.07, 6.45) is -0.523. The van der Waals surface area contributed by atoms with Gasteiger partial charge in [0.1, 0.15) is 5.82 Å². The van der Waals surface area contributed by atoms with Crippen molar-refractivity contribution in [2.45, 2.75) is 25.3 Å². The van der Waals surface area contributed by atoms with E-state index in [0.29, 0.717) is 11.1 Å². The van der Waals surface area contributed by atoms with Crippen LogP contribution < -0.4 is 5.84 Å². The quantitative estimate of drug-likeness (QED) is 0.449. The average Bonchev–Trinajstić information content (AvgIpc) is 2.37. The summed E-state index contributed by atoms with van der Waals surface area (Å²) in [5.41, 5.74) is 1.06. The summed E-state index contributed by atoms with van der Waals surface area (Å²) in [4.78, 5) is 0. The summed E-state index contributed by atoms with van der Waals surface area (Å²) >= 11 is 0. The molecule has 0 bridgehead atoms. The van der Waals surface area contributed by atoms with Gasteiger partial charge in [-0.05, 0) is 35.7 Å². The highest BCUT2D eigenvalue weighted by Crippen LogP contribution is 2.47. The summed E-state index contributed by atoms with van der Waals surface area (Å²) in [6, 6.07) is 0.926. The van der Waals surface area contributed by atoms with E-state index in [0.717, 1.165) is 6.07 Å². The number of hydrogen-bond acceptors (Lipinski definition) is 2. The zero-order valence-corrected chi connectivity index (χ0v) is 8.54. The molecule has 1 unspecified atom stereocenters. The van der Waals surface area contributed by atoms with E-state index < -0.39 is 24.2 Å². The minimum atomic E-state index is -3.05. The maximum absolute atomic E-state index is 13.6. The van der Waals surface area contributed by atoms with Crippen LogP contribution in [0.5, 0.6) is 0 Å². The first-order valence-electron chi connectivity index (χ1n) is 4.72. The van der Waals surface area contributed by atoms with E-state index in [2.05, 4.69) is 10.3 Å². The summed E-state index contributed by atoms with van der Waals surface area (Å²) in [6.45, 7) is 1.57. The molecule has 0 radical (unpaired) electrons. The average molecular weight is 229 g/mol. The van der Waals surface area contributed by atoms with Crippen LogP contribution in [0.25, 0.3) is 0 Å². The summed E-state index contributed by atoms with van der Waals surface area (Å²) in [5, 5.41) is 6.27. The monoisotopic (exact) mass is 229 g/mol. The molecule has 6 heteroatoms. The van der Waals surface area contributed by atoms with Crippen LogP contribution in [0.1, 0.15) is 22.7 Å². The van der Waals surface area contributed by atoms with Gasteiger partial charge < -0.3 is 5.84 Å². The number of rotatable bonds is 1. The molecule has 0 heterocycles. The van der Waals surface area contributed by atoms with Crippen molar-refractivity contribution in [1.29, 1.82) is 0 Å². The summed E-state index contributed by atoms with van der Waals surface area (Å²) in [7, 11) is 0. The van der Waals surface area contributed by atoms with Crippen molar-refractivity contribution in [2.75, 3.05) is 0 Å². The van der Waals surface area contributed by atoms with Crippen molar-refractivity contribution < 1.29 is 13.2 Å². The van der Waals surface area contributed by atoms with Gasteiger partial charge in [0.15, 0.2) is 6.04 Å². The maximum Gasteiger partial charge on any atom is 0.280 e. The molecule has 1 aromatic rings. The number of fused-ring (bicyclic) bond motifs is 1. The molecule has 2 N–H and O–H groups in total. The highest BCUT2D eigenvalue weighted by atomic mass is 19.3. The lowest BCUT2D eigenvalue weighted by atomic mass is 10.0. The van der Waals surface area contributed by atoms with Crippen LogP contribution in [0.4, 0.5) is 13.2 Å². The van der Waals surface area contributed by atoms with Gasteiger partial charge in [0.2, 0.25) is 0 Å². The Morgan fingerprint density at radius 1 is 1.44 bits per heavy atom. The van der Waals surface area contributed by atoms with Crippen LogP contribution in [0, 0.1) is 12.7 Å². The molecule has 1 aliphatic rings. The Labute approximate surface area is 90.1 Å². The second-order valence-electron chi connectivity index (χ2n) is 3.87. The molecule has 1 aromatic carbocycles. The molecule has 2 rings (SSSR count). The first kappa shape index (κ1) is 10.9. The maximum atomic E-state index is 13.6. The van der Waals surface area contributed by atoms with E-state index in [1.165, 1.54) is 6.07 Å². The first-order chi connectivity index (χ1) is 7.45. The van der Waals surface area contributed by atoms with E-state index in [1.54, 1.807) is 6.92 Å². The van der Waals surface area contributed by atoms with Crippen molar-refractivity contribution in [1.82, 2.24) is 0 Å². The minimum Gasteiger partial charge on any atom is -0.305 e. The van der Waals surface area contributed by atoms with Crippen LogP contribution in [0.15, 0.2) is 22.5 Å². The van der Waals surface area contributed by atoms with Crippen LogP contribution in [-0.2, 0) is 6.42 Å². The van der Waals surface area contributed by atoms with Gasteiger partial charge in [0.25, 0.3) is 5.92 Å². The number of nitrogens with zero attached hydrogens (tertiary/aromatic N) is 2. The molecule has 0 saturated heterocycles. The molecule has 0 fully saturated rings. The minimum absolute atomic E-state index is 0.278. The second-order valence-corrected chi connectivity index (χ2v) is 3.87. The fourth-order valence-corrected chi connectivity index (χ4v) is 2.13. The van der Waals surface area contributed by atoms with Gasteiger partial charge >= 0.3 is 0 Å². The zero-order valence-electron chi connectivity index (χ0n) is 8.54. The Morgan fingerprint density at radius 3 is 2.75 bits per heavy atom. The van der Waals surface area contributed by atoms with E-state index in [-0.39, 0.29) is 5.56 Å². The third-order valence-electron chi connectivity index (χ3n) is 2.72. The van der Waals surface area contributed by atoms with Crippen LogP contribution in [-0.4, -0.2) is 5.92 Å². The van der Waals surface area contributed by atoms with Crippen LogP contribution in [0.3, 0.4) is 0 Å². The standard InChI is InChI=1S/C10H10F3N3/c1-5-2-7(11)3-6-4-10(12,13)9(8(5)6)15-16-14/h2-3,9H,4H2,1H3,(H2,14,15). The lowest BCUT2D eigenvalue weighted by molar-refractivity contribution is -0.0150. The lowest BCUT2D eigenvalue weighted by Gasteiger charge is -2.14. The fourth-order valence-electron chi connectivity index (χ4n) is 2.13. The summed E-state index contributed by atoms with van der Waals surface area (Å²) in [5.74, 6) is 1.25. The second kappa shape index (κ2) is 3.47.